The molecule has 372 valence electrons. The fraction of sp³-hybridized carbons (Fsp3) is 0.675. The highest BCUT2D eigenvalue weighted by Crippen LogP contribution is 2.11. The molecule has 0 fully saturated rings. The number of nitrogens with two attached hydrogens (primary N) is 5. The fourth-order valence-electron chi connectivity index (χ4n) is 6.28. The number of primary amides is 2. The van der Waals surface area contributed by atoms with Crippen LogP contribution in [0.2, 0.25) is 0 Å². The molecule has 0 saturated carbocycles. The third-order valence-corrected chi connectivity index (χ3v) is 9.73. The summed E-state index contributed by atoms with van der Waals surface area (Å²) >= 11 is 0. The van der Waals surface area contributed by atoms with Crippen LogP contribution in [0.1, 0.15) is 129 Å². The molecule has 0 aliphatic rings. The zero-order valence-corrected chi connectivity index (χ0v) is 37.6. The summed E-state index contributed by atoms with van der Waals surface area (Å²) in [4.78, 5) is 143. The smallest absolute Gasteiger partial charge is 0.303 e. The van der Waals surface area contributed by atoms with Gasteiger partial charge in [0.15, 0.2) is 5.96 Å². The lowest BCUT2D eigenvalue weighted by Crippen LogP contribution is -2.59. The second-order valence-electron chi connectivity index (χ2n) is 15.6. The van der Waals surface area contributed by atoms with Crippen LogP contribution in [0.15, 0.2) is 4.99 Å². The number of amides is 8. The van der Waals surface area contributed by atoms with Crippen LogP contribution < -0.4 is 60.6 Å². The average Bonchev–Trinajstić information content (AvgIpc) is 3.22. The summed E-state index contributed by atoms with van der Waals surface area (Å²) in [6.45, 7) is 2.89. The molecule has 66 heavy (non-hydrogen) atoms. The van der Waals surface area contributed by atoms with E-state index in [0.29, 0.717) is 6.42 Å². The van der Waals surface area contributed by atoms with Crippen LogP contribution >= 0.6 is 0 Å². The highest BCUT2D eigenvalue weighted by atomic mass is 16.4. The molecule has 0 aliphatic heterocycles. The molecule has 0 rings (SSSR count). The first kappa shape index (κ1) is 59.1. The van der Waals surface area contributed by atoms with Gasteiger partial charge in [-0.2, -0.15) is 0 Å². The van der Waals surface area contributed by atoms with Gasteiger partial charge in [-0.1, -0.05) is 19.8 Å². The number of aliphatic carboxylic acids is 2. The highest BCUT2D eigenvalue weighted by molar-refractivity contribution is 5.97. The quantitative estimate of drug-likeness (QED) is 0.0166. The summed E-state index contributed by atoms with van der Waals surface area (Å²) in [5.41, 5.74) is 27.0. The van der Waals surface area contributed by atoms with Crippen molar-refractivity contribution in [2.24, 2.45) is 33.7 Å². The van der Waals surface area contributed by atoms with Crippen molar-refractivity contribution in [3.8, 4) is 0 Å². The molecule has 0 aromatic carbocycles. The summed E-state index contributed by atoms with van der Waals surface area (Å²) < 4.78 is 0. The van der Waals surface area contributed by atoms with E-state index in [4.69, 9.17) is 39.2 Å². The Morgan fingerprint density at radius 1 is 0.485 bits per heavy atom. The first-order chi connectivity index (χ1) is 31.0. The van der Waals surface area contributed by atoms with Crippen LogP contribution in [0, 0.1) is 5.41 Å². The van der Waals surface area contributed by atoms with Gasteiger partial charge in [0, 0.05) is 52.0 Å². The first-order valence-corrected chi connectivity index (χ1v) is 21.7. The van der Waals surface area contributed by atoms with Gasteiger partial charge in [0.25, 0.3) is 0 Å². The van der Waals surface area contributed by atoms with Gasteiger partial charge < -0.3 is 70.8 Å². The van der Waals surface area contributed by atoms with Gasteiger partial charge >= 0.3 is 11.9 Å². The van der Waals surface area contributed by atoms with E-state index < -0.39 is 115 Å². The van der Waals surface area contributed by atoms with Gasteiger partial charge in [0.05, 0.1) is 5.84 Å². The Labute approximate surface area is 382 Å². The molecule has 0 radical (unpaired) electrons. The molecule has 0 bridgehead atoms. The van der Waals surface area contributed by atoms with Gasteiger partial charge in [-0.25, -0.2) is 0 Å². The molecule has 0 heterocycles. The maximum Gasteiger partial charge on any atom is 0.303 e. The molecule has 0 aliphatic carbocycles. The van der Waals surface area contributed by atoms with Crippen LogP contribution in [0.4, 0.5) is 0 Å². The standard InChI is InChI=1S/C40H69N13O13/c1-3-9-25(50-39(66)29(18-20-33(59)60)53-37(64)27(48-22(2)54)16-15-23(55)10-4-7-14-32(57)58)35(62)52-28(17-19-31(43)56)38(65)51-26(11-5-6-13-30(41)42)36(63)49-24(34(44)61)12-8-21-47-40(45)46/h24-29H,3-21H2,1-2H3,(H3,41,42)(H2,43,56)(H2,44,61)(H,48,54)(H,49,63)(H,50,66)(H,51,65)(H,52,62)(H,53,64)(H,57,58)(H,59,60)(H4,45,46,47). The van der Waals surface area contributed by atoms with Crippen molar-refractivity contribution in [1.82, 2.24) is 31.9 Å². The average molecular weight is 940 g/mol. The first-order valence-electron chi connectivity index (χ1n) is 21.7. The summed E-state index contributed by atoms with van der Waals surface area (Å²) in [6, 6.07) is -8.43. The number of carbonyl (C=O) groups excluding carboxylic acids is 9. The molecule has 8 amide bonds. The summed E-state index contributed by atoms with van der Waals surface area (Å²) in [5.74, 6) is -10.1. The molecule has 0 aromatic rings. The van der Waals surface area contributed by atoms with Crippen molar-refractivity contribution in [2.45, 2.75) is 166 Å². The maximum absolute atomic E-state index is 13.8. The normalized spacial score (nSPS) is 13.4. The Hall–Kier alpha value is -6.89. The van der Waals surface area contributed by atoms with E-state index in [2.05, 4.69) is 36.9 Å². The molecule has 26 nitrogen and oxygen atoms in total. The van der Waals surface area contributed by atoms with Crippen molar-refractivity contribution in [1.29, 1.82) is 5.41 Å². The number of carboxylic acid groups (broad SMARTS) is 2. The number of ketones is 1. The van der Waals surface area contributed by atoms with Crippen LogP contribution in [0.5, 0.6) is 0 Å². The molecule has 6 unspecified atom stereocenters. The Kier molecular flexibility index (Phi) is 29.3. The Balaban J connectivity index is 6.39. The molecule has 0 saturated heterocycles. The Bertz CT molecular complexity index is 1740. The van der Waals surface area contributed by atoms with Gasteiger partial charge in [-0.15, -0.1) is 0 Å². The maximum atomic E-state index is 13.8. The molecule has 6 atom stereocenters. The van der Waals surface area contributed by atoms with Crippen molar-refractivity contribution in [3.63, 3.8) is 0 Å². The minimum Gasteiger partial charge on any atom is -0.481 e. The molecule has 19 N–H and O–H groups in total. The zero-order valence-electron chi connectivity index (χ0n) is 37.6. The number of amidine groups is 1. The minimum absolute atomic E-state index is 0.0242. The lowest BCUT2D eigenvalue weighted by Gasteiger charge is -2.27. The summed E-state index contributed by atoms with van der Waals surface area (Å²) in [5, 5.41) is 40.4. The third kappa shape index (κ3) is 28.0. The second kappa shape index (κ2) is 32.7. The van der Waals surface area contributed by atoms with Crippen molar-refractivity contribution in [3.05, 3.63) is 0 Å². The number of hydrogen-bond donors (Lipinski definition) is 14. The second-order valence-corrected chi connectivity index (χ2v) is 15.6. The van der Waals surface area contributed by atoms with Crippen LogP contribution in [-0.2, 0) is 52.7 Å². The van der Waals surface area contributed by atoms with E-state index in [9.17, 15) is 57.8 Å². The number of carboxylic acids is 2. The number of carbonyl (C=O) groups is 11. The minimum atomic E-state index is -1.59. The number of nitrogens with one attached hydrogen (secondary N) is 7. The number of Topliss-reactive ketones (excluding diaryl/α,β-unsaturated/α-hetero) is 1. The van der Waals surface area contributed by atoms with E-state index in [1.807, 2.05) is 0 Å². The van der Waals surface area contributed by atoms with E-state index >= 15 is 0 Å². The third-order valence-electron chi connectivity index (χ3n) is 9.73. The summed E-state index contributed by atoms with van der Waals surface area (Å²) in [6.07, 6.45) is -0.647. The number of aliphatic imine (C=N–C) groups is 1. The lowest BCUT2D eigenvalue weighted by molar-refractivity contribution is -0.139. The van der Waals surface area contributed by atoms with Gasteiger partial charge in [-0.3, -0.25) is 63.1 Å². The van der Waals surface area contributed by atoms with Gasteiger partial charge in [0.1, 0.15) is 42.0 Å². The zero-order chi connectivity index (χ0) is 50.4. The molecule has 0 aromatic heterocycles. The van der Waals surface area contributed by atoms with Crippen molar-refractivity contribution in [2.75, 3.05) is 6.54 Å². The fourth-order valence-corrected chi connectivity index (χ4v) is 6.28. The summed E-state index contributed by atoms with van der Waals surface area (Å²) in [7, 11) is 0. The number of hydrogen-bond acceptors (Lipinski definition) is 13. The van der Waals surface area contributed by atoms with E-state index in [1.54, 1.807) is 6.92 Å². The lowest BCUT2D eigenvalue weighted by atomic mass is 10.0. The van der Waals surface area contributed by atoms with Crippen molar-refractivity contribution >= 4 is 76.8 Å². The Morgan fingerprint density at radius 2 is 0.894 bits per heavy atom. The van der Waals surface area contributed by atoms with Crippen LogP contribution in [0.25, 0.3) is 0 Å². The predicted molar refractivity (Wildman–Crippen MR) is 237 cm³/mol. The van der Waals surface area contributed by atoms with Crippen molar-refractivity contribution < 1.29 is 63.0 Å². The SMILES string of the molecule is CCCC(NC(=O)C(CCC(=O)O)NC(=O)C(CCC(=O)CCCCC(=O)O)NC(C)=O)C(=O)NC(CCC(N)=O)C(=O)NC(CCCCC(=N)N)C(=O)NC(CCCN=C(N)N)C(N)=O. The van der Waals surface area contributed by atoms with E-state index in [0.717, 1.165) is 6.92 Å². The number of guanidine groups is 1. The topological polar surface area (TPSA) is 467 Å². The van der Waals surface area contributed by atoms with E-state index in [-0.39, 0.29) is 114 Å². The molecular weight excluding hydrogens is 871 g/mol. The monoisotopic (exact) mass is 940 g/mol. The molecule has 26 heteroatoms. The van der Waals surface area contributed by atoms with Crippen LogP contribution in [0.3, 0.4) is 0 Å². The molecule has 0 spiro atoms. The number of nitrogens with zero attached hydrogens (tertiary/aromatic N) is 1. The number of rotatable bonds is 37. The largest absolute Gasteiger partial charge is 0.481 e. The Morgan fingerprint density at radius 3 is 1.33 bits per heavy atom. The van der Waals surface area contributed by atoms with Gasteiger partial charge in [-0.05, 0) is 64.2 Å². The number of unbranched alkanes of at least 4 members (excludes halogenated alkanes) is 2. The highest BCUT2D eigenvalue weighted by Gasteiger charge is 2.33. The van der Waals surface area contributed by atoms with Crippen LogP contribution in [-0.4, -0.2) is 130 Å². The van der Waals surface area contributed by atoms with Gasteiger partial charge in [0.2, 0.25) is 47.3 Å². The molecular formula is C40H69N13O13. The van der Waals surface area contributed by atoms with E-state index in [1.165, 1.54) is 0 Å². The predicted octanol–water partition coefficient (Wildman–Crippen LogP) is -3.12.